The van der Waals surface area contributed by atoms with Gasteiger partial charge in [0.2, 0.25) is 0 Å². The molecule has 0 aliphatic carbocycles. The molecular weight excluding hydrogens is 292 g/mol. The van der Waals surface area contributed by atoms with Crippen LogP contribution in [0.15, 0.2) is 23.0 Å². The van der Waals surface area contributed by atoms with E-state index in [1.54, 1.807) is 0 Å². The summed E-state index contributed by atoms with van der Waals surface area (Å²) in [6, 6.07) is 4.33. The van der Waals surface area contributed by atoms with Crippen molar-refractivity contribution in [3.05, 3.63) is 38.9 Å². The minimum absolute atomic E-state index is 0.113. The normalized spacial score (nSPS) is 10.9. The van der Waals surface area contributed by atoms with E-state index in [4.69, 9.17) is 22.1 Å². The second-order valence-electron chi connectivity index (χ2n) is 4.50. The molecule has 2 aromatic rings. The number of nitrogens with one attached hydrogen (secondary N) is 1. The Balaban J connectivity index is 2.41. The van der Waals surface area contributed by atoms with Crippen LogP contribution in [0.3, 0.4) is 0 Å². The van der Waals surface area contributed by atoms with Gasteiger partial charge in [0, 0.05) is 19.8 Å². The minimum Gasteiger partial charge on any atom is -0.478 e. The van der Waals surface area contributed by atoms with Gasteiger partial charge in [-0.25, -0.2) is 4.79 Å². The van der Waals surface area contributed by atoms with Crippen LogP contribution in [-0.2, 0) is 11.3 Å². The predicted molar refractivity (Wildman–Crippen MR) is 81.5 cm³/mol. The SMILES string of the molecule is CCOCCCn1c(=S)[nH]c2cc(C(=O)O)ccc2c1=O. The third kappa shape index (κ3) is 3.37. The predicted octanol–water partition coefficient (Wildman–Crippen LogP) is 2.18. The fraction of sp³-hybridized carbons (Fsp3) is 0.357. The van der Waals surface area contributed by atoms with Crippen molar-refractivity contribution in [2.75, 3.05) is 13.2 Å². The van der Waals surface area contributed by atoms with Gasteiger partial charge >= 0.3 is 5.97 Å². The van der Waals surface area contributed by atoms with Crippen molar-refractivity contribution in [3.63, 3.8) is 0 Å². The summed E-state index contributed by atoms with van der Waals surface area (Å²) in [6.07, 6.45) is 0.684. The number of carbonyl (C=O) groups is 1. The number of aromatic amines is 1. The molecular formula is C14H16N2O4S. The second kappa shape index (κ2) is 6.64. The average Bonchev–Trinajstić information content (AvgIpc) is 2.45. The fourth-order valence-corrected chi connectivity index (χ4v) is 2.34. The average molecular weight is 308 g/mol. The van der Waals surface area contributed by atoms with E-state index in [1.807, 2.05) is 6.92 Å². The van der Waals surface area contributed by atoms with Gasteiger partial charge in [-0.1, -0.05) is 0 Å². The quantitative estimate of drug-likeness (QED) is 0.631. The molecule has 6 nitrogen and oxygen atoms in total. The number of aromatic nitrogens is 2. The number of aromatic carboxylic acids is 1. The topological polar surface area (TPSA) is 84.3 Å². The maximum absolute atomic E-state index is 12.4. The Kier molecular flexibility index (Phi) is 4.87. The van der Waals surface area contributed by atoms with Crippen LogP contribution in [0.2, 0.25) is 0 Å². The van der Waals surface area contributed by atoms with Gasteiger partial charge in [-0.15, -0.1) is 0 Å². The minimum atomic E-state index is -1.04. The molecule has 112 valence electrons. The molecule has 0 fully saturated rings. The highest BCUT2D eigenvalue weighted by Gasteiger charge is 2.09. The Labute approximate surface area is 126 Å². The summed E-state index contributed by atoms with van der Waals surface area (Å²) in [6.45, 7) is 3.57. The Morgan fingerprint density at radius 2 is 2.24 bits per heavy atom. The van der Waals surface area contributed by atoms with Crippen LogP contribution in [0.25, 0.3) is 10.9 Å². The zero-order valence-corrected chi connectivity index (χ0v) is 12.4. The lowest BCUT2D eigenvalue weighted by Gasteiger charge is -2.08. The molecule has 2 rings (SSSR count). The molecule has 1 heterocycles. The number of rotatable bonds is 6. The van der Waals surface area contributed by atoms with Gasteiger partial charge in [0.1, 0.15) is 0 Å². The third-order valence-corrected chi connectivity index (χ3v) is 3.43. The number of ether oxygens (including phenoxy) is 1. The van der Waals surface area contributed by atoms with E-state index in [-0.39, 0.29) is 15.9 Å². The van der Waals surface area contributed by atoms with Crippen molar-refractivity contribution < 1.29 is 14.6 Å². The molecule has 0 radical (unpaired) electrons. The highest BCUT2D eigenvalue weighted by molar-refractivity contribution is 7.71. The number of carboxylic acids is 1. The van der Waals surface area contributed by atoms with Gasteiger partial charge in [-0.05, 0) is 43.8 Å². The number of carboxylic acid groups (broad SMARTS) is 1. The Hall–Kier alpha value is -1.99. The van der Waals surface area contributed by atoms with Gasteiger partial charge in [0.15, 0.2) is 4.77 Å². The largest absolute Gasteiger partial charge is 0.478 e. The smallest absolute Gasteiger partial charge is 0.335 e. The Morgan fingerprint density at radius 3 is 2.90 bits per heavy atom. The van der Waals surface area contributed by atoms with Gasteiger partial charge in [-0.2, -0.15) is 0 Å². The van der Waals surface area contributed by atoms with E-state index in [9.17, 15) is 9.59 Å². The van der Waals surface area contributed by atoms with Gasteiger partial charge < -0.3 is 14.8 Å². The van der Waals surface area contributed by atoms with Gasteiger partial charge in [-0.3, -0.25) is 9.36 Å². The summed E-state index contributed by atoms with van der Waals surface area (Å²) in [4.78, 5) is 26.2. The first-order valence-corrected chi connectivity index (χ1v) is 7.03. The van der Waals surface area contributed by atoms with Crippen LogP contribution in [-0.4, -0.2) is 33.8 Å². The molecule has 1 aromatic heterocycles. The molecule has 0 bridgehead atoms. The van der Waals surface area contributed by atoms with Crippen molar-refractivity contribution in [1.82, 2.24) is 9.55 Å². The summed E-state index contributed by atoms with van der Waals surface area (Å²) >= 11 is 5.17. The number of hydrogen-bond donors (Lipinski definition) is 2. The van der Waals surface area contributed by atoms with Crippen LogP contribution in [0.1, 0.15) is 23.7 Å². The molecule has 0 saturated carbocycles. The molecule has 0 saturated heterocycles. The maximum Gasteiger partial charge on any atom is 0.335 e. The van der Waals surface area contributed by atoms with Crippen LogP contribution < -0.4 is 5.56 Å². The lowest BCUT2D eigenvalue weighted by atomic mass is 10.1. The van der Waals surface area contributed by atoms with Crippen molar-refractivity contribution >= 4 is 29.1 Å². The monoisotopic (exact) mass is 308 g/mol. The van der Waals surface area contributed by atoms with Crippen LogP contribution >= 0.6 is 12.2 Å². The van der Waals surface area contributed by atoms with Crippen molar-refractivity contribution in [3.8, 4) is 0 Å². The fourth-order valence-electron chi connectivity index (χ4n) is 2.06. The molecule has 2 N–H and O–H groups in total. The number of fused-ring (bicyclic) bond motifs is 1. The third-order valence-electron chi connectivity index (χ3n) is 3.10. The number of nitrogens with zero attached hydrogens (tertiary/aromatic N) is 1. The number of H-pyrrole nitrogens is 1. The molecule has 0 aliphatic rings. The summed E-state index contributed by atoms with van der Waals surface area (Å²) in [5.74, 6) is -1.04. The van der Waals surface area contributed by atoms with Crippen LogP contribution in [0.5, 0.6) is 0 Å². The molecule has 0 spiro atoms. The Morgan fingerprint density at radius 1 is 1.48 bits per heavy atom. The molecule has 0 atom stereocenters. The van der Waals surface area contributed by atoms with Crippen molar-refractivity contribution in [2.24, 2.45) is 0 Å². The van der Waals surface area contributed by atoms with E-state index in [0.29, 0.717) is 37.1 Å². The zero-order chi connectivity index (χ0) is 15.4. The molecule has 0 aliphatic heterocycles. The van der Waals surface area contributed by atoms with Gasteiger partial charge in [0.25, 0.3) is 5.56 Å². The van der Waals surface area contributed by atoms with Crippen molar-refractivity contribution in [1.29, 1.82) is 0 Å². The highest BCUT2D eigenvalue weighted by Crippen LogP contribution is 2.11. The number of benzene rings is 1. The van der Waals surface area contributed by atoms with E-state index in [2.05, 4.69) is 4.98 Å². The van der Waals surface area contributed by atoms with E-state index < -0.39 is 5.97 Å². The maximum atomic E-state index is 12.4. The lowest BCUT2D eigenvalue weighted by molar-refractivity contribution is 0.0697. The lowest BCUT2D eigenvalue weighted by Crippen LogP contribution is -2.23. The molecule has 0 unspecified atom stereocenters. The van der Waals surface area contributed by atoms with E-state index in [0.717, 1.165) is 0 Å². The number of hydrogen-bond acceptors (Lipinski definition) is 4. The summed E-state index contributed by atoms with van der Waals surface area (Å²) in [5, 5.41) is 9.39. The van der Waals surface area contributed by atoms with Crippen LogP contribution in [0, 0.1) is 4.77 Å². The van der Waals surface area contributed by atoms with Gasteiger partial charge in [0.05, 0.1) is 16.5 Å². The first kappa shape index (κ1) is 15.4. The second-order valence-corrected chi connectivity index (χ2v) is 4.89. The molecule has 7 heteroatoms. The molecule has 0 amide bonds. The van der Waals surface area contributed by atoms with Crippen molar-refractivity contribution in [2.45, 2.75) is 19.9 Å². The molecule has 1 aromatic carbocycles. The first-order chi connectivity index (χ1) is 10.0. The van der Waals surface area contributed by atoms with E-state index >= 15 is 0 Å². The van der Waals surface area contributed by atoms with Crippen LogP contribution in [0.4, 0.5) is 0 Å². The molecule has 21 heavy (non-hydrogen) atoms. The van der Waals surface area contributed by atoms with E-state index in [1.165, 1.54) is 22.8 Å². The summed E-state index contributed by atoms with van der Waals surface area (Å²) in [7, 11) is 0. The highest BCUT2D eigenvalue weighted by atomic mass is 32.1. The first-order valence-electron chi connectivity index (χ1n) is 6.62. The zero-order valence-electron chi connectivity index (χ0n) is 11.6. The summed E-state index contributed by atoms with van der Waals surface area (Å²) in [5.41, 5.74) is 0.329. The Bertz CT molecular complexity index is 779. The summed E-state index contributed by atoms with van der Waals surface area (Å²) < 4.78 is 6.99. The standard InChI is InChI=1S/C14H16N2O4S/c1-2-20-7-3-6-16-12(17)10-5-4-9(13(18)19)8-11(10)15-14(16)21/h4-5,8H,2-3,6-7H2,1H3,(H,15,21)(H,18,19).